The second kappa shape index (κ2) is 5.76. The van der Waals surface area contributed by atoms with E-state index >= 15 is 0 Å². The normalized spacial score (nSPS) is 10.9. The zero-order chi connectivity index (χ0) is 15.5. The summed E-state index contributed by atoms with van der Waals surface area (Å²) in [6, 6.07) is 8.89. The quantitative estimate of drug-likeness (QED) is 0.647. The number of benzene rings is 1. The van der Waals surface area contributed by atoms with Crippen LogP contribution in [0.2, 0.25) is 0 Å². The van der Waals surface area contributed by atoms with E-state index < -0.39 is 23.5 Å². The number of carboxylic acids is 2. The van der Waals surface area contributed by atoms with Gasteiger partial charge in [-0.1, -0.05) is 18.2 Å². The van der Waals surface area contributed by atoms with Crippen LogP contribution >= 0.6 is 11.3 Å². The standard InChI is InChI=1S/C14H10O6S/c15-11(9-4-2-1-3-5-9)20-14(12(16)17,13(18)19)10-6-7-21-8-10/h1-8H,(H,16,17)(H,18,19). The van der Waals surface area contributed by atoms with E-state index in [0.29, 0.717) is 0 Å². The molecule has 0 saturated heterocycles. The number of rotatable bonds is 5. The highest BCUT2D eigenvalue weighted by Gasteiger charge is 2.53. The van der Waals surface area contributed by atoms with Gasteiger partial charge in [-0.15, -0.1) is 0 Å². The highest BCUT2D eigenvalue weighted by atomic mass is 32.1. The zero-order valence-electron chi connectivity index (χ0n) is 10.6. The molecule has 0 unspecified atom stereocenters. The van der Waals surface area contributed by atoms with Gasteiger partial charge in [0.2, 0.25) is 0 Å². The minimum absolute atomic E-state index is 0.0691. The van der Waals surface area contributed by atoms with Crippen LogP contribution in [0.15, 0.2) is 47.2 Å². The molecule has 1 heterocycles. The van der Waals surface area contributed by atoms with E-state index in [2.05, 4.69) is 0 Å². The molecule has 0 spiro atoms. The molecule has 7 heteroatoms. The average Bonchev–Trinajstić information content (AvgIpc) is 2.99. The number of esters is 1. The van der Waals surface area contributed by atoms with Crippen LogP contribution in [0, 0.1) is 0 Å². The summed E-state index contributed by atoms with van der Waals surface area (Å²) in [7, 11) is 0. The summed E-state index contributed by atoms with van der Waals surface area (Å²) >= 11 is 1.11. The van der Waals surface area contributed by atoms with E-state index in [4.69, 9.17) is 4.74 Å². The number of carbonyl (C=O) groups excluding carboxylic acids is 1. The van der Waals surface area contributed by atoms with Gasteiger partial charge in [-0.2, -0.15) is 11.3 Å². The lowest BCUT2D eigenvalue weighted by Gasteiger charge is -2.24. The maximum atomic E-state index is 12.0. The Hall–Kier alpha value is -2.67. The van der Waals surface area contributed by atoms with Crippen LogP contribution in [-0.4, -0.2) is 28.1 Å². The van der Waals surface area contributed by atoms with Gasteiger partial charge in [0, 0.05) is 5.56 Å². The van der Waals surface area contributed by atoms with Gasteiger partial charge in [0.25, 0.3) is 0 Å². The fraction of sp³-hybridized carbons (Fsp3) is 0.0714. The van der Waals surface area contributed by atoms with Crippen LogP contribution in [0.1, 0.15) is 15.9 Å². The molecule has 108 valence electrons. The van der Waals surface area contributed by atoms with Crippen LogP contribution in [0.4, 0.5) is 0 Å². The van der Waals surface area contributed by atoms with Crippen molar-refractivity contribution in [3.63, 3.8) is 0 Å². The molecule has 2 N–H and O–H groups in total. The van der Waals surface area contributed by atoms with E-state index in [9.17, 15) is 24.6 Å². The predicted molar refractivity (Wildman–Crippen MR) is 73.1 cm³/mol. The van der Waals surface area contributed by atoms with Crippen molar-refractivity contribution in [2.24, 2.45) is 0 Å². The van der Waals surface area contributed by atoms with Gasteiger partial charge in [-0.3, -0.25) is 0 Å². The second-order valence-corrected chi connectivity index (χ2v) is 4.84. The van der Waals surface area contributed by atoms with E-state index in [1.165, 1.54) is 29.0 Å². The molecule has 2 aromatic rings. The number of carbonyl (C=O) groups is 3. The Morgan fingerprint density at radius 2 is 1.62 bits per heavy atom. The SMILES string of the molecule is O=C(OC(C(=O)O)(C(=O)O)c1ccsc1)c1ccccc1. The van der Waals surface area contributed by atoms with E-state index in [-0.39, 0.29) is 11.1 Å². The molecule has 0 aliphatic carbocycles. The number of carboxylic acid groups (broad SMARTS) is 2. The largest absolute Gasteiger partial charge is 0.478 e. The Bertz CT molecular complexity index is 648. The van der Waals surface area contributed by atoms with Crippen LogP contribution in [-0.2, 0) is 19.9 Å². The van der Waals surface area contributed by atoms with Crippen molar-refractivity contribution >= 4 is 29.2 Å². The number of ether oxygens (including phenoxy) is 1. The van der Waals surface area contributed by atoms with Crippen LogP contribution in [0.5, 0.6) is 0 Å². The summed E-state index contributed by atoms with van der Waals surface area (Å²) in [5.41, 5.74) is -2.80. The molecule has 0 aliphatic heterocycles. The van der Waals surface area contributed by atoms with Gasteiger partial charge in [-0.05, 0) is 29.0 Å². The fourth-order valence-electron chi connectivity index (χ4n) is 1.72. The van der Waals surface area contributed by atoms with Crippen molar-refractivity contribution in [2.75, 3.05) is 0 Å². The number of aliphatic carboxylic acids is 2. The molecular formula is C14H10O6S. The predicted octanol–water partition coefficient (Wildman–Crippen LogP) is 1.97. The Morgan fingerprint density at radius 1 is 1.00 bits per heavy atom. The van der Waals surface area contributed by atoms with Gasteiger partial charge >= 0.3 is 23.5 Å². The molecule has 0 saturated carbocycles. The molecule has 0 atom stereocenters. The molecule has 0 radical (unpaired) electrons. The third-order valence-corrected chi connectivity index (χ3v) is 3.47. The molecule has 21 heavy (non-hydrogen) atoms. The minimum Gasteiger partial charge on any atom is -0.478 e. The third kappa shape index (κ3) is 2.63. The Morgan fingerprint density at radius 3 is 2.10 bits per heavy atom. The molecule has 2 rings (SSSR count). The molecule has 6 nitrogen and oxygen atoms in total. The molecule has 0 amide bonds. The lowest BCUT2D eigenvalue weighted by Crippen LogP contribution is -2.47. The van der Waals surface area contributed by atoms with Gasteiger partial charge in [0.1, 0.15) is 0 Å². The van der Waals surface area contributed by atoms with E-state index in [1.807, 2.05) is 0 Å². The zero-order valence-corrected chi connectivity index (χ0v) is 11.4. The summed E-state index contributed by atoms with van der Waals surface area (Å²) in [5.74, 6) is -4.55. The fourth-order valence-corrected chi connectivity index (χ4v) is 2.42. The first-order valence-corrected chi connectivity index (χ1v) is 6.70. The Labute approximate surface area is 123 Å². The number of thiophene rings is 1. The maximum Gasteiger partial charge on any atom is 0.365 e. The first kappa shape index (κ1) is 14.7. The molecule has 0 aliphatic rings. The summed E-state index contributed by atoms with van der Waals surface area (Å²) < 4.78 is 4.86. The molecule has 1 aromatic carbocycles. The molecule has 1 aromatic heterocycles. The Balaban J connectivity index is 2.45. The average molecular weight is 306 g/mol. The molecule has 0 bridgehead atoms. The van der Waals surface area contributed by atoms with Crippen molar-refractivity contribution in [3.05, 3.63) is 58.3 Å². The van der Waals surface area contributed by atoms with Crippen molar-refractivity contribution in [1.29, 1.82) is 0 Å². The molecule has 0 fully saturated rings. The summed E-state index contributed by atoms with van der Waals surface area (Å²) in [6.07, 6.45) is 0. The van der Waals surface area contributed by atoms with Crippen LogP contribution in [0.25, 0.3) is 0 Å². The van der Waals surface area contributed by atoms with Gasteiger partial charge in [-0.25, -0.2) is 14.4 Å². The minimum atomic E-state index is -2.76. The first-order valence-electron chi connectivity index (χ1n) is 5.76. The second-order valence-electron chi connectivity index (χ2n) is 4.06. The summed E-state index contributed by atoms with van der Waals surface area (Å²) in [5, 5.41) is 21.4. The lowest BCUT2D eigenvalue weighted by atomic mass is 9.96. The Kier molecular flexibility index (Phi) is 4.04. The van der Waals surface area contributed by atoms with Crippen LogP contribution < -0.4 is 0 Å². The first-order chi connectivity index (χ1) is 9.98. The highest BCUT2D eigenvalue weighted by Crippen LogP contribution is 2.30. The van der Waals surface area contributed by atoms with Gasteiger partial charge in [0.05, 0.1) is 5.56 Å². The highest BCUT2D eigenvalue weighted by molar-refractivity contribution is 7.08. The summed E-state index contributed by atoms with van der Waals surface area (Å²) in [6.45, 7) is 0. The van der Waals surface area contributed by atoms with Gasteiger partial charge < -0.3 is 14.9 Å². The summed E-state index contributed by atoms with van der Waals surface area (Å²) in [4.78, 5) is 35.0. The monoisotopic (exact) mass is 306 g/mol. The van der Waals surface area contributed by atoms with Crippen molar-refractivity contribution in [1.82, 2.24) is 0 Å². The van der Waals surface area contributed by atoms with E-state index in [1.54, 1.807) is 18.2 Å². The van der Waals surface area contributed by atoms with Crippen LogP contribution in [0.3, 0.4) is 0 Å². The lowest BCUT2D eigenvalue weighted by molar-refractivity contribution is -0.178. The van der Waals surface area contributed by atoms with Crippen molar-refractivity contribution in [2.45, 2.75) is 5.60 Å². The van der Waals surface area contributed by atoms with E-state index in [0.717, 1.165) is 11.3 Å². The third-order valence-electron chi connectivity index (χ3n) is 2.79. The maximum absolute atomic E-state index is 12.0. The topological polar surface area (TPSA) is 101 Å². The number of hydrogen-bond acceptors (Lipinski definition) is 5. The smallest absolute Gasteiger partial charge is 0.365 e. The number of hydrogen-bond donors (Lipinski definition) is 2. The molecular weight excluding hydrogens is 296 g/mol. The van der Waals surface area contributed by atoms with Crippen molar-refractivity contribution < 1.29 is 29.3 Å². The van der Waals surface area contributed by atoms with Gasteiger partial charge in [0.15, 0.2) is 0 Å². The van der Waals surface area contributed by atoms with Crippen molar-refractivity contribution in [3.8, 4) is 0 Å².